The molecule has 146 valence electrons. The first-order valence-corrected chi connectivity index (χ1v) is 9.98. The Morgan fingerprint density at radius 3 is 2.29 bits per heavy atom. The summed E-state index contributed by atoms with van der Waals surface area (Å²) < 4.78 is 52.6. The lowest BCUT2D eigenvalue weighted by Crippen LogP contribution is -2.15. The number of halogens is 1. The summed E-state index contributed by atoms with van der Waals surface area (Å²) in [5.74, 6) is 0.388. The number of anilines is 1. The predicted molar refractivity (Wildman–Crippen MR) is 106 cm³/mol. The monoisotopic (exact) mass is 401 g/mol. The second kappa shape index (κ2) is 8.31. The maximum absolute atomic E-state index is 13.8. The van der Waals surface area contributed by atoms with Crippen LogP contribution in [-0.2, 0) is 16.4 Å². The van der Waals surface area contributed by atoms with Crippen molar-refractivity contribution in [1.29, 1.82) is 0 Å². The Balaban J connectivity index is 1.96. The van der Waals surface area contributed by atoms with Crippen LogP contribution in [0.5, 0.6) is 11.5 Å². The molecule has 0 aliphatic heterocycles. The fourth-order valence-electron chi connectivity index (χ4n) is 2.87. The number of ether oxygens (including phenoxy) is 2. The normalized spacial score (nSPS) is 11.1. The molecule has 3 rings (SSSR count). The number of hydrogen-bond acceptors (Lipinski definition) is 4. The number of benzene rings is 3. The summed E-state index contributed by atoms with van der Waals surface area (Å²) in [5, 5.41) is 0. The van der Waals surface area contributed by atoms with Gasteiger partial charge >= 0.3 is 0 Å². The highest BCUT2D eigenvalue weighted by molar-refractivity contribution is 7.92. The molecule has 0 aliphatic rings. The molecule has 1 N–H and O–H groups in total. The Labute approximate surface area is 163 Å². The van der Waals surface area contributed by atoms with E-state index in [1.54, 1.807) is 12.1 Å². The summed E-state index contributed by atoms with van der Waals surface area (Å²) in [5.41, 5.74) is 1.57. The molecule has 0 aliphatic carbocycles. The molecule has 3 aromatic carbocycles. The van der Waals surface area contributed by atoms with E-state index in [-0.39, 0.29) is 4.90 Å². The van der Waals surface area contributed by atoms with Crippen molar-refractivity contribution < 1.29 is 22.3 Å². The number of rotatable bonds is 7. The third-order valence-corrected chi connectivity index (χ3v) is 5.67. The van der Waals surface area contributed by atoms with Gasteiger partial charge in [0, 0.05) is 6.07 Å². The van der Waals surface area contributed by atoms with Crippen molar-refractivity contribution in [3.63, 3.8) is 0 Å². The highest BCUT2D eigenvalue weighted by Crippen LogP contribution is 2.31. The summed E-state index contributed by atoms with van der Waals surface area (Å²) in [6, 6.07) is 17.7. The largest absolute Gasteiger partial charge is 0.493 e. The van der Waals surface area contributed by atoms with Crippen molar-refractivity contribution in [2.45, 2.75) is 11.3 Å². The lowest BCUT2D eigenvalue weighted by molar-refractivity contribution is 0.355. The van der Waals surface area contributed by atoms with Crippen molar-refractivity contribution in [3.05, 3.63) is 83.7 Å². The third kappa shape index (κ3) is 4.43. The number of methoxy groups -OCH3 is 2. The molecule has 5 nitrogen and oxygen atoms in total. The van der Waals surface area contributed by atoms with Crippen LogP contribution in [0.25, 0.3) is 0 Å². The Kier molecular flexibility index (Phi) is 5.84. The number of nitrogens with one attached hydrogen (secondary N) is 1. The second-order valence-corrected chi connectivity index (χ2v) is 7.74. The second-order valence-electron chi connectivity index (χ2n) is 6.09. The molecule has 0 saturated heterocycles. The zero-order chi connectivity index (χ0) is 20.1. The fourth-order valence-corrected chi connectivity index (χ4v) is 4.14. The Morgan fingerprint density at radius 2 is 1.61 bits per heavy atom. The first kappa shape index (κ1) is 19.7. The van der Waals surface area contributed by atoms with Gasteiger partial charge in [0.1, 0.15) is 5.82 Å². The van der Waals surface area contributed by atoms with Gasteiger partial charge in [-0.15, -0.1) is 0 Å². The summed E-state index contributed by atoms with van der Waals surface area (Å²) in [6.07, 6.45) is 0.292. The average Bonchev–Trinajstić information content (AvgIpc) is 2.68. The maximum Gasteiger partial charge on any atom is 0.262 e. The molecule has 0 atom stereocenters. The van der Waals surface area contributed by atoms with Gasteiger partial charge < -0.3 is 9.47 Å². The highest BCUT2D eigenvalue weighted by Gasteiger charge is 2.20. The molecule has 0 amide bonds. The molecule has 0 spiro atoms. The van der Waals surface area contributed by atoms with Crippen LogP contribution in [0, 0.1) is 5.82 Å². The molecule has 0 saturated carbocycles. The van der Waals surface area contributed by atoms with Crippen LogP contribution in [0.1, 0.15) is 11.1 Å². The predicted octanol–water partition coefficient (Wildman–Crippen LogP) is 4.23. The molecule has 0 radical (unpaired) electrons. The minimum absolute atomic E-state index is 0.0209. The van der Waals surface area contributed by atoms with E-state index >= 15 is 0 Å². The van der Waals surface area contributed by atoms with Crippen LogP contribution in [-0.4, -0.2) is 22.6 Å². The zero-order valence-corrected chi connectivity index (χ0v) is 16.3. The van der Waals surface area contributed by atoms with E-state index in [0.717, 1.165) is 11.6 Å². The van der Waals surface area contributed by atoms with E-state index in [9.17, 15) is 12.8 Å². The molecular weight excluding hydrogens is 381 g/mol. The van der Waals surface area contributed by atoms with E-state index in [1.165, 1.54) is 32.4 Å². The minimum atomic E-state index is -3.94. The minimum Gasteiger partial charge on any atom is -0.493 e. The van der Waals surface area contributed by atoms with Crippen molar-refractivity contribution >= 4 is 15.7 Å². The van der Waals surface area contributed by atoms with Crippen LogP contribution in [0.15, 0.2) is 71.6 Å². The summed E-state index contributed by atoms with van der Waals surface area (Å²) in [4.78, 5) is 0.0209. The number of hydrogen-bond donors (Lipinski definition) is 1. The maximum atomic E-state index is 13.8. The van der Waals surface area contributed by atoms with E-state index < -0.39 is 15.8 Å². The summed E-state index contributed by atoms with van der Waals surface area (Å²) >= 11 is 0. The quantitative estimate of drug-likeness (QED) is 0.643. The van der Waals surface area contributed by atoms with Crippen molar-refractivity contribution in [2.75, 3.05) is 18.9 Å². The van der Waals surface area contributed by atoms with Crippen LogP contribution in [0.3, 0.4) is 0 Å². The molecule has 28 heavy (non-hydrogen) atoms. The molecule has 0 unspecified atom stereocenters. The lowest BCUT2D eigenvalue weighted by Gasteiger charge is -2.14. The molecule has 3 aromatic rings. The first-order chi connectivity index (χ1) is 13.4. The SMILES string of the molecule is COc1ccc(NS(=O)(=O)c2ccc(F)cc2Cc2ccccc2)cc1OC. The van der Waals surface area contributed by atoms with E-state index in [4.69, 9.17) is 9.47 Å². The molecule has 7 heteroatoms. The highest BCUT2D eigenvalue weighted by atomic mass is 32.2. The van der Waals surface area contributed by atoms with Gasteiger partial charge in [-0.05, 0) is 47.9 Å². The van der Waals surface area contributed by atoms with Gasteiger partial charge in [0.05, 0.1) is 24.8 Å². The number of sulfonamides is 1. The Hall–Kier alpha value is -3.06. The summed E-state index contributed by atoms with van der Waals surface area (Å²) in [6.45, 7) is 0. The smallest absolute Gasteiger partial charge is 0.262 e. The van der Waals surface area contributed by atoms with Crippen molar-refractivity contribution in [2.24, 2.45) is 0 Å². The van der Waals surface area contributed by atoms with Gasteiger partial charge in [0.15, 0.2) is 11.5 Å². The van der Waals surface area contributed by atoms with Gasteiger partial charge in [0.2, 0.25) is 0 Å². The standard InChI is InChI=1S/C21H20FNO4S/c1-26-19-10-9-18(14-20(19)27-2)23-28(24,25)21-11-8-17(22)13-16(21)12-15-6-4-3-5-7-15/h3-11,13-14,23H,12H2,1-2H3. The lowest BCUT2D eigenvalue weighted by atomic mass is 10.1. The van der Waals surface area contributed by atoms with E-state index in [1.807, 2.05) is 30.3 Å². The molecular formula is C21H20FNO4S. The molecule has 0 aromatic heterocycles. The summed E-state index contributed by atoms with van der Waals surface area (Å²) in [7, 11) is -0.976. The van der Waals surface area contributed by atoms with E-state index in [0.29, 0.717) is 29.2 Å². The topological polar surface area (TPSA) is 64.6 Å². The van der Waals surface area contributed by atoms with Crippen LogP contribution in [0.4, 0.5) is 10.1 Å². The zero-order valence-electron chi connectivity index (χ0n) is 15.5. The van der Waals surface area contributed by atoms with E-state index in [2.05, 4.69) is 4.72 Å². The van der Waals surface area contributed by atoms with Crippen molar-refractivity contribution in [3.8, 4) is 11.5 Å². The van der Waals surface area contributed by atoms with Crippen molar-refractivity contribution in [1.82, 2.24) is 0 Å². The van der Waals surface area contributed by atoms with Gasteiger partial charge in [-0.25, -0.2) is 12.8 Å². The Morgan fingerprint density at radius 1 is 0.893 bits per heavy atom. The molecule has 0 fully saturated rings. The fraction of sp³-hybridized carbons (Fsp3) is 0.143. The average molecular weight is 401 g/mol. The molecule has 0 bridgehead atoms. The van der Waals surface area contributed by atoms with Crippen LogP contribution < -0.4 is 14.2 Å². The Bertz CT molecular complexity index is 1070. The first-order valence-electron chi connectivity index (χ1n) is 8.50. The van der Waals surface area contributed by atoms with Gasteiger partial charge in [0.25, 0.3) is 10.0 Å². The third-order valence-electron chi connectivity index (χ3n) is 4.19. The van der Waals surface area contributed by atoms with Gasteiger partial charge in [-0.3, -0.25) is 4.72 Å². The molecule has 0 heterocycles. The van der Waals surface area contributed by atoms with Gasteiger partial charge in [-0.2, -0.15) is 0 Å². The van der Waals surface area contributed by atoms with Crippen LogP contribution >= 0.6 is 0 Å². The van der Waals surface area contributed by atoms with Crippen LogP contribution in [0.2, 0.25) is 0 Å². The van der Waals surface area contributed by atoms with Gasteiger partial charge in [-0.1, -0.05) is 30.3 Å².